The molecule has 0 saturated heterocycles. The molecule has 1 atom stereocenters. The highest BCUT2D eigenvalue weighted by Gasteiger charge is 2.15. The second-order valence-electron chi connectivity index (χ2n) is 6.12. The van der Waals surface area contributed by atoms with Gasteiger partial charge in [0.2, 0.25) is 0 Å². The summed E-state index contributed by atoms with van der Waals surface area (Å²) < 4.78 is 0. The van der Waals surface area contributed by atoms with Gasteiger partial charge in [-0.2, -0.15) is 0 Å². The Morgan fingerprint density at radius 2 is 2.00 bits per heavy atom. The molecule has 3 N–H and O–H groups in total. The van der Waals surface area contributed by atoms with E-state index >= 15 is 0 Å². The molecule has 2 heterocycles. The molecule has 0 aliphatic carbocycles. The Labute approximate surface area is 139 Å². The van der Waals surface area contributed by atoms with Crippen molar-refractivity contribution in [1.82, 2.24) is 20.3 Å². The largest absolute Gasteiger partial charge is 0.361 e. The van der Waals surface area contributed by atoms with Crippen LogP contribution in [-0.4, -0.2) is 20.9 Å². The predicted octanol–water partition coefficient (Wildman–Crippen LogP) is 3.84. The average Bonchev–Trinajstić information content (AvgIpc) is 3.19. The summed E-state index contributed by atoms with van der Waals surface area (Å²) in [6, 6.07) is 13.5. The average molecular weight is 318 g/mol. The Balaban J connectivity index is 1.57. The fraction of sp³-hybridized carbons (Fsp3) is 0.158. The van der Waals surface area contributed by atoms with Crippen LogP contribution in [0.4, 0.5) is 0 Å². The van der Waals surface area contributed by atoms with Crippen LogP contribution in [-0.2, 0) is 0 Å². The lowest BCUT2D eigenvalue weighted by atomic mass is 10.1. The van der Waals surface area contributed by atoms with Crippen LogP contribution in [0.15, 0.2) is 48.7 Å². The molecule has 0 aliphatic rings. The van der Waals surface area contributed by atoms with E-state index in [0.29, 0.717) is 5.56 Å². The third kappa shape index (κ3) is 2.54. The lowest BCUT2D eigenvalue weighted by molar-refractivity contribution is 0.0938. The van der Waals surface area contributed by atoms with E-state index in [2.05, 4.69) is 26.3 Å². The number of imidazole rings is 1. The first kappa shape index (κ1) is 14.5. The van der Waals surface area contributed by atoms with E-state index in [1.165, 1.54) is 5.56 Å². The van der Waals surface area contributed by atoms with E-state index in [4.69, 9.17) is 0 Å². The van der Waals surface area contributed by atoms with Gasteiger partial charge in [-0.1, -0.05) is 12.1 Å². The molecule has 4 rings (SSSR count). The van der Waals surface area contributed by atoms with Gasteiger partial charge in [0.1, 0.15) is 5.82 Å². The third-order valence-electron chi connectivity index (χ3n) is 4.23. The van der Waals surface area contributed by atoms with Gasteiger partial charge in [-0.3, -0.25) is 4.79 Å². The van der Waals surface area contributed by atoms with Crippen LogP contribution in [0.5, 0.6) is 0 Å². The van der Waals surface area contributed by atoms with Crippen molar-refractivity contribution in [3.8, 4) is 0 Å². The topological polar surface area (TPSA) is 73.6 Å². The lowest BCUT2D eigenvalue weighted by Gasteiger charge is -2.11. The molecule has 0 unspecified atom stereocenters. The maximum absolute atomic E-state index is 12.5. The first-order valence-electron chi connectivity index (χ1n) is 7.94. The number of hydrogen-bond donors (Lipinski definition) is 3. The van der Waals surface area contributed by atoms with Crippen molar-refractivity contribution in [3.05, 3.63) is 65.6 Å². The summed E-state index contributed by atoms with van der Waals surface area (Å²) in [6.07, 6.45) is 1.87. The molecule has 5 heteroatoms. The summed E-state index contributed by atoms with van der Waals surface area (Å²) in [5.74, 6) is 0.639. The molecule has 0 radical (unpaired) electrons. The molecule has 1 amide bonds. The number of hydrogen-bond acceptors (Lipinski definition) is 2. The van der Waals surface area contributed by atoms with Gasteiger partial charge in [0.05, 0.1) is 17.1 Å². The lowest BCUT2D eigenvalue weighted by Crippen LogP contribution is -2.27. The van der Waals surface area contributed by atoms with Crippen molar-refractivity contribution < 1.29 is 4.79 Å². The number of aromatic nitrogens is 3. The molecule has 120 valence electrons. The van der Waals surface area contributed by atoms with Crippen molar-refractivity contribution >= 4 is 27.8 Å². The maximum atomic E-state index is 12.5. The van der Waals surface area contributed by atoms with Crippen molar-refractivity contribution in [2.45, 2.75) is 19.9 Å². The number of rotatable bonds is 3. The van der Waals surface area contributed by atoms with Gasteiger partial charge in [0.25, 0.3) is 5.91 Å². The van der Waals surface area contributed by atoms with Crippen LogP contribution in [0.25, 0.3) is 21.9 Å². The zero-order valence-corrected chi connectivity index (χ0v) is 13.6. The smallest absolute Gasteiger partial charge is 0.251 e. The molecule has 2 aromatic carbocycles. The van der Waals surface area contributed by atoms with Gasteiger partial charge >= 0.3 is 0 Å². The number of aromatic amines is 2. The van der Waals surface area contributed by atoms with Crippen LogP contribution in [0.2, 0.25) is 0 Å². The van der Waals surface area contributed by atoms with E-state index in [9.17, 15) is 4.79 Å². The first-order valence-corrected chi connectivity index (χ1v) is 7.94. The van der Waals surface area contributed by atoms with Gasteiger partial charge in [0, 0.05) is 17.3 Å². The summed E-state index contributed by atoms with van der Waals surface area (Å²) in [4.78, 5) is 23.5. The van der Waals surface area contributed by atoms with E-state index < -0.39 is 0 Å². The Bertz CT molecular complexity index is 1040. The fourth-order valence-electron chi connectivity index (χ4n) is 2.89. The Hall–Kier alpha value is -3.08. The highest BCUT2D eigenvalue weighted by Crippen LogP contribution is 2.18. The summed E-state index contributed by atoms with van der Waals surface area (Å²) in [7, 11) is 0. The van der Waals surface area contributed by atoms with Crippen LogP contribution in [0.1, 0.15) is 34.7 Å². The highest BCUT2D eigenvalue weighted by atomic mass is 16.1. The fourth-order valence-corrected chi connectivity index (χ4v) is 2.89. The van der Waals surface area contributed by atoms with Crippen LogP contribution < -0.4 is 5.32 Å². The molecule has 0 saturated carbocycles. The van der Waals surface area contributed by atoms with Crippen LogP contribution in [0.3, 0.4) is 0 Å². The molecule has 0 aliphatic heterocycles. The monoisotopic (exact) mass is 318 g/mol. The summed E-state index contributed by atoms with van der Waals surface area (Å²) >= 11 is 0. The summed E-state index contributed by atoms with van der Waals surface area (Å²) in [5, 5.41) is 4.09. The number of amides is 1. The summed E-state index contributed by atoms with van der Waals surface area (Å²) in [5.41, 5.74) is 4.65. The SMILES string of the molecule is Cc1ccc2nc([C@H](C)NC(=O)c3ccc4cc[nH]c4c3)[nH]c2c1. The Morgan fingerprint density at radius 3 is 2.88 bits per heavy atom. The standard InChI is InChI=1S/C19H18N4O/c1-11-3-6-15-17(9-11)23-18(22-15)12(2)21-19(24)14-5-4-13-7-8-20-16(13)10-14/h3-10,12,20H,1-2H3,(H,21,24)(H,22,23)/t12-/m0/s1. The number of benzene rings is 2. The zero-order chi connectivity index (χ0) is 16.7. The second-order valence-corrected chi connectivity index (χ2v) is 6.12. The molecule has 0 fully saturated rings. The molecule has 24 heavy (non-hydrogen) atoms. The first-order chi connectivity index (χ1) is 11.6. The number of nitrogens with zero attached hydrogens (tertiary/aromatic N) is 1. The number of nitrogens with one attached hydrogen (secondary N) is 3. The van der Waals surface area contributed by atoms with E-state index in [1.807, 2.05) is 56.4 Å². The zero-order valence-electron chi connectivity index (χ0n) is 13.6. The van der Waals surface area contributed by atoms with Gasteiger partial charge < -0.3 is 15.3 Å². The Morgan fingerprint density at radius 1 is 1.12 bits per heavy atom. The molecular weight excluding hydrogens is 300 g/mol. The minimum absolute atomic E-state index is 0.115. The van der Waals surface area contributed by atoms with Gasteiger partial charge in [0.15, 0.2) is 0 Å². The predicted molar refractivity (Wildman–Crippen MR) is 95.0 cm³/mol. The van der Waals surface area contributed by atoms with Gasteiger partial charge in [-0.15, -0.1) is 0 Å². The number of carbonyl (C=O) groups excluding carboxylic acids is 1. The van der Waals surface area contributed by atoms with Gasteiger partial charge in [-0.05, 0) is 55.1 Å². The molecule has 0 spiro atoms. The number of H-pyrrole nitrogens is 2. The minimum atomic E-state index is -0.204. The second kappa shape index (κ2) is 5.53. The van der Waals surface area contributed by atoms with Crippen LogP contribution >= 0.6 is 0 Å². The van der Waals surface area contributed by atoms with E-state index in [1.54, 1.807) is 0 Å². The number of aryl methyl sites for hydroxylation is 1. The molecular formula is C19H18N4O. The van der Waals surface area contributed by atoms with Crippen LogP contribution in [0, 0.1) is 6.92 Å². The van der Waals surface area contributed by atoms with Crippen molar-refractivity contribution in [2.24, 2.45) is 0 Å². The number of carbonyl (C=O) groups is 1. The third-order valence-corrected chi connectivity index (χ3v) is 4.23. The van der Waals surface area contributed by atoms with Crippen molar-refractivity contribution in [3.63, 3.8) is 0 Å². The van der Waals surface area contributed by atoms with Gasteiger partial charge in [-0.25, -0.2) is 4.98 Å². The molecule has 2 aromatic heterocycles. The van der Waals surface area contributed by atoms with Crippen molar-refractivity contribution in [1.29, 1.82) is 0 Å². The Kier molecular flexibility index (Phi) is 3.34. The summed E-state index contributed by atoms with van der Waals surface area (Å²) in [6.45, 7) is 3.97. The molecule has 0 bridgehead atoms. The molecule has 5 nitrogen and oxygen atoms in total. The van der Waals surface area contributed by atoms with Crippen molar-refractivity contribution in [2.75, 3.05) is 0 Å². The minimum Gasteiger partial charge on any atom is -0.361 e. The quantitative estimate of drug-likeness (QED) is 0.537. The highest BCUT2D eigenvalue weighted by molar-refractivity contribution is 5.98. The normalized spacial score (nSPS) is 12.6. The molecule has 4 aromatic rings. The van der Waals surface area contributed by atoms with E-state index in [0.717, 1.165) is 27.8 Å². The maximum Gasteiger partial charge on any atom is 0.251 e. The number of fused-ring (bicyclic) bond motifs is 2. The van der Waals surface area contributed by atoms with E-state index in [-0.39, 0.29) is 11.9 Å².